The van der Waals surface area contributed by atoms with Gasteiger partial charge < -0.3 is 10.1 Å². The van der Waals surface area contributed by atoms with Crippen molar-refractivity contribution in [3.8, 4) is 0 Å². The van der Waals surface area contributed by atoms with Gasteiger partial charge >= 0.3 is 6.09 Å². The lowest BCUT2D eigenvalue weighted by Gasteiger charge is -2.21. The standard InChI is InChI=1S/C12H25NO2.ClH/c1-6-7-8-9-10(2)13-11(14)15-12(3,4)5;/h10H,6-9H2,1-5H3,(H,13,14);1H. The third-order valence-electron chi connectivity index (χ3n) is 2.00. The average Bonchev–Trinajstić information content (AvgIpc) is 2.00. The average molecular weight is 252 g/mol. The van der Waals surface area contributed by atoms with Crippen LogP contribution in [0.2, 0.25) is 0 Å². The lowest BCUT2D eigenvalue weighted by Crippen LogP contribution is -2.37. The molecule has 1 amide bonds. The first-order chi connectivity index (χ1) is 6.85. The van der Waals surface area contributed by atoms with Crippen LogP contribution < -0.4 is 5.32 Å². The molecule has 0 radical (unpaired) electrons. The van der Waals surface area contributed by atoms with E-state index in [-0.39, 0.29) is 24.5 Å². The van der Waals surface area contributed by atoms with Gasteiger partial charge in [0.15, 0.2) is 0 Å². The van der Waals surface area contributed by atoms with Crippen LogP contribution in [0.4, 0.5) is 4.79 Å². The van der Waals surface area contributed by atoms with E-state index in [2.05, 4.69) is 12.2 Å². The van der Waals surface area contributed by atoms with E-state index in [1.165, 1.54) is 12.8 Å². The second kappa shape index (κ2) is 8.68. The monoisotopic (exact) mass is 251 g/mol. The van der Waals surface area contributed by atoms with Crippen molar-refractivity contribution in [3.63, 3.8) is 0 Å². The molecule has 0 fully saturated rings. The molecule has 4 heteroatoms. The molecule has 0 saturated heterocycles. The van der Waals surface area contributed by atoms with Crippen molar-refractivity contribution in [2.24, 2.45) is 0 Å². The van der Waals surface area contributed by atoms with E-state index >= 15 is 0 Å². The van der Waals surface area contributed by atoms with Gasteiger partial charge in [0.1, 0.15) is 5.60 Å². The number of ether oxygens (including phenoxy) is 1. The summed E-state index contributed by atoms with van der Waals surface area (Å²) in [5, 5.41) is 2.83. The molecule has 0 rings (SSSR count). The first-order valence-electron chi connectivity index (χ1n) is 5.84. The molecule has 1 N–H and O–H groups in total. The van der Waals surface area contributed by atoms with Gasteiger partial charge in [-0.05, 0) is 34.1 Å². The molecular weight excluding hydrogens is 226 g/mol. The number of alkyl carbamates (subject to hydrolysis) is 1. The molecule has 0 aromatic rings. The van der Waals surface area contributed by atoms with E-state index in [4.69, 9.17) is 4.74 Å². The van der Waals surface area contributed by atoms with Crippen molar-refractivity contribution < 1.29 is 9.53 Å². The second-order valence-corrected chi connectivity index (χ2v) is 5.04. The molecule has 0 heterocycles. The Labute approximate surface area is 106 Å². The van der Waals surface area contributed by atoms with Crippen molar-refractivity contribution in [1.82, 2.24) is 5.32 Å². The highest BCUT2D eigenvalue weighted by atomic mass is 35.5. The first-order valence-corrected chi connectivity index (χ1v) is 5.84. The van der Waals surface area contributed by atoms with E-state index < -0.39 is 5.60 Å². The van der Waals surface area contributed by atoms with Crippen molar-refractivity contribution in [2.45, 2.75) is 71.9 Å². The summed E-state index contributed by atoms with van der Waals surface area (Å²) < 4.78 is 5.16. The second-order valence-electron chi connectivity index (χ2n) is 5.04. The maximum Gasteiger partial charge on any atom is 0.407 e. The molecule has 1 unspecified atom stereocenters. The summed E-state index contributed by atoms with van der Waals surface area (Å²) in [5.74, 6) is 0. The highest BCUT2D eigenvalue weighted by molar-refractivity contribution is 5.85. The Hall–Kier alpha value is -0.440. The fraction of sp³-hybridized carbons (Fsp3) is 0.917. The summed E-state index contributed by atoms with van der Waals surface area (Å²) in [4.78, 5) is 11.4. The molecule has 0 spiro atoms. The number of hydrogen-bond acceptors (Lipinski definition) is 2. The van der Waals surface area contributed by atoms with Gasteiger partial charge in [-0.3, -0.25) is 0 Å². The zero-order valence-corrected chi connectivity index (χ0v) is 11.9. The molecule has 98 valence electrons. The van der Waals surface area contributed by atoms with E-state index in [9.17, 15) is 4.79 Å². The van der Waals surface area contributed by atoms with Crippen molar-refractivity contribution in [2.75, 3.05) is 0 Å². The third kappa shape index (κ3) is 11.6. The number of halogens is 1. The Kier molecular flexibility index (Phi) is 9.73. The summed E-state index contributed by atoms with van der Waals surface area (Å²) >= 11 is 0. The van der Waals surface area contributed by atoms with Crippen molar-refractivity contribution in [3.05, 3.63) is 0 Å². The SMILES string of the molecule is CCCCCC(C)NC(=O)OC(C)(C)C.Cl. The van der Waals surface area contributed by atoms with Crippen LogP contribution in [0.1, 0.15) is 60.3 Å². The number of unbranched alkanes of at least 4 members (excludes halogenated alkanes) is 2. The quantitative estimate of drug-likeness (QED) is 0.753. The minimum Gasteiger partial charge on any atom is -0.444 e. The van der Waals surface area contributed by atoms with Gasteiger partial charge in [-0.1, -0.05) is 26.2 Å². The van der Waals surface area contributed by atoms with E-state index in [0.717, 1.165) is 12.8 Å². The van der Waals surface area contributed by atoms with Gasteiger partial charge in [-0.2, -0.15) is 0 Å². The molecule has 0 aliphatic heterocycles. The zero-order valence-electron chi connectivity index (χ0n) is 11.1. The molecule has 0 aliphatic rings. The van der Waals surface area contributed by atoms with Crippen LogP contribution in [-0.4, -0.2) is 17.7 Å². The van der Waals surface area contributed by atoms with E-state index in [1.807, 2.05) is 27.7 Å². The highest BCUT2D eigenvalue weighted by Gasteiger charge is 2.17. The smallest absolute Gasteiger partial charge is 0.407 e. The fourth-order valence-electron chi connectivity index (χ4n) is 1.28. The Balaban J connectivity index is 0. The van der Waals surface area contributed by atoms with Gasteiger partial charge in [-0.25, -0.2) is 4.79 Å². The molecule has 0 aromatic heterocycles. The van der Waals surface area contributed by atoms with Crippen molar-refractivity contribution >= 4 is 18.5 Å². The first kappa shape index (κ1) is 17.9. The van der Waals surface area contributed by atoms with Gasteiger partial charge in [-0.15, -0.1) is 12.4 Å². The van der Waals surface area contributed by atoms with Gasteiger partial charge in [0, 0.05) is 6.04 Å². The van der Waals surface area contributed by atoms with Crippen molar-refractivity contribution in [1.29, 1.82) is 0 Å². The Bertz CT molecular complexity index is 190. The Morgan fingerprint density at radius 1 is 1.31 bits per heavy atom. The molecular formula is C12H26ClNO2. The molecule has 0 saturated carbocycles. The maximum atomic E-state index is 11.4. The van der Waals surface area contributed by atoms with Crippen LogP contribution in [0.5, 0.6) is 0 Å². The maximum absolute atomic E-state index is 11.4. The van der Waals surface area contributed by atoms with E-state index in [0.29, 0.717) is 0 Å². The van der Waals surface area contributed by atoms with Crippen LogP contribution in [-0.2, 0) is 4.74 Å². The minimum absolute atomic E-state index is 0. The number of carbonyl (C=O) groups is 1. The van der Waals surface area contributed by atoms with Gasteiger partial charge in [0.2, 0.25) is 0 Å². The van der Waals surface area contributed by atoms with Crippen LogP contribution >= 0.6 is 12.4 Å². The number of hydrogen-bond donors (Lipinski definition) is 1. The lowest BCUT2D eigenvalue weighted by atomic mass is 10.1. The summed E-state index contributed by atoms with van der Waals surface area (Å²) in [6, 6.07) is 0.200. The fourth-order valence-corrected chi connectivity index (χ4v) is 1.28. The minimum atomic E-state index is -0.410. The van der Waals surface area contributed by atoms with E-state index in [1.54, 1.807) is 0 Å². The molecule has 16 heavy (non-hydrogen) atoms. The predicted molar refractivity (Wildman–Crippen MR) is 70.2 cm³/mol. The summed E-state index contributed by atoms with van der Waals surface area (Å²) in [7, 11) is 0. The number of nitrogens with one attached hydrogen (secondary N) is 1. The largest absolute Gasteiger partial charge is 0.444 e. The Morgan fingerprint density at radius 2 is 1.88 bits per heavy atom. The number of rotatable bonds is 5. The number of amides is 1. The van der Waals surface area contributed by atoms with Crippen LogP contribution in [0, 0.1) is 0 Å². The van der Waals surface area contributed by atoms with Crippen LogP contribution in [0.3, 0.4) is 0 Å². The molecule has 0 bridgehead atoms. The normalized spacial score (nSPS) is 12.6. The third-order valence-corrected chi connectivity index (χ3v) is 2.00. The highest BCUT2D eigenvalue weighted by Crippen LogP contribution is 2.08. The summed E-state index contributed by atoms with van der Waals surface area (Å²) in [5.41, 5.74) is -0.410. The van der Waals surface area contributed by atoms with Crippen LogP contribution in [0.15, 0.2) is 0 Å². The molecule has 3 nitrogen and oxygen atoms in total. The summed E-state index contributed by atoms with van der Waals surface area (Å²) in [6.45, 7) is 9.79. The van der Waals surface area contributed by atoms with Crippen LogP contribution in [0.25, 0.3) is 0 Å². The molecule has 0 aliphatic carbocycles. The Morgan fingerprint density at radius 3 is 2.31 bits per heavy atom. The van der Waals surface area contributed by atoms with Gasteiger partial charge in [0.25, 0.3) is 0 Å². The topological polar surface area (TPSA) is 38.3 Å². The predicted octanol–water partition coefficient (Wildman–Crippen LogP) is 3.90. The van der Waals surface area contributed by atoms with Gasteiger partial charge in [0.05, 0.1) is 0 Å². The molecule has 1 atom stereocenters. The summed E-state index contributed by atoms with van der Waals surface area (Å²) in [6.07, 6.45) is 4.30. The zero-order chi connectivity index (χ0) is 11.9. The lowest BCUT2D eigenvalue weighted by molar-refractivity contribution is 0.0506. The number of carbonyl (C=O) groups excluding carboxylic acids is 1. The molecule has 0 aromatic carbocycles.